The van der Waals surface area contributed by atoms with Crippen LogP contribution in [0.3, 0.4) is 0 Å². The molecule has 1 aromatic rings. The monoisotopic (exact) mass is 363 g/mol. The Hall–Kier alpha value is -1.31. The molecule has 1 aliphatic carbocycles. The van der Waals surface area contributed by atoms with Crippen molar-refractivity contribution in [3.05, 3.63) is 35.4 Å². The van der Waals surface area contributed by atoms with E-state index in [0.29, 0.717) is 17.6 Å². The summed E-state index contributed by atoms with van der Waals surface area (Å²) < 4.78 is 0. The molecule has 0 radical (unpaired) electrons. The second-order valence-corrected chi connectivity index (χ2v) is 9.54. The number of rotatable bonds is 8. The molecule has 5 nitrogen and oxygen atoms in total. The molecule has 0 unspecified atom stereocenters. The summed E-state index contributed by atoms with van der Waals surface area (Å²) in [6.45, 7) is 2.03. The zero-order chi connectivity index (χ0) is 18.3. The molecule has 1 aliphatic rings. The molecule has 0 aromatic heterocycles. The number of Topliss-reactive ketones (excluding diaryl/α,β-unsaturated/α-hetero) is 1. The first-order valence-corrected chi connectivity index (χ1v) is 11.0. The Labute approximate surface area is 150 Å². The van der Waals surface area contributed by atoms with Gasteiger partial charge in [-0.05, 0) is 43.4 Å². The Morgan fingerprint density at radius 3 is 2.76 bits per heavy atom. The van der Waals surface area contributed by atoms with Gasteiger partial charge >= 0.3 is 0 Å². The molecular formula is C19H28N2O3P+. The van der Waals surface area contributed by atoms with E-state index in [9.17, 15) is 14.6 Å². The molecule has 1 atom stereocenters. The van der Waals surface area contributed by atoms with Gasteiger partial charge in [0.05, 0.1) is 18.2 Å². The van der Waals surface area contributed by atoms with Gasteiger partial charge in [0.1, 0.15) is 6.16 Å². The zero-order valence-electron chi connectivity index (χ0n) is 14.8. The smallest absolute Gasteiger partial charge is 0.275 e. The highest BCUT2D eigenvalue weighted by molar-refractivity contribution is 7.65. The van der Waals surface area contributed by atoms with Gasteiger partial charge in [-0.15, -0.1) is 0 Å². The number of nitrogens with one attached hydrogen (secondary N) is 1. The summed E-state index contributed by atoms with van der Waals surface area (Å²) in [6.07, 6.45) is 5.87. The number of carbonyl (C=O) groups is 1. The van der Waals surface area contributed by atoms with E-state index in [-0.39, 0.29) is 24.5 Å². The fourth-order valence-corrected chi connectivity index (χ4v) is 5.45. The number of hydrogen-bond acceptors (Lipinski definition) is 5. The molecular weight excluding hydrogens is 335 g/mol. The Balaban J connectivity index is 1.79. The summed E-state index contributed by atoms with van der Waals surface area (Å²) >= 11 is 0. The number of nitriles is 1. The van der Waals surface area contributed by atoms with Gasteiger partial charge in [0.25, 0.3) is 7.72 Å². The van der Waals surface area contributed by atoms with Crippen LogP contribution < -0.4 is 5.32 Å². The second kappa shape index (κ2) is 9.40. The molecule has 0 spiro atoms. The molecule has 0 amide bonds. The van der Waals surface area contributed by atoms with Crippen molar-refractivity contribution in [2.45, 2.75) is 45.1 Å². The van der Waals surface area contributed by atoms with Crippen LogP contribution >= 0.6 is 7.72 Å². The van der Waals surface area contributed by atoms with E-state index in [1.54, 1.807) is 12.1 Å². The number of ketones is 1. The van der Waals surface area contributed by atoms with Gasteiger partial charge in [0.15, 0.2) is 11.9 Å². The predicted molar refractivity (Wildman–Crippen MR) is 100 cm³/mol. The molecule has 1 fully saturated rings. The topological polar surface area (TPSA) is 93.3 Å². The predicted octanol–water partition coefficient (Wildman–Crippen LogP) is 3.19. The van der Waals surface area contributed by atoms with Gasteiger partial charge < -0.3 is 5.32 Å². The first kappa shape index (κ1) is 20.0. The number of carbonyl (C=O) groups excluding carboxylic acids is 1. The first-order valence-electron chi connectivity index (χ1n) is 8.97. The van der Waals surface area contributed by atoms with Crippen LogP contribution in [-0.2, 0) is 4.79 Å². The van der Waals surface area contributed by atoms with Crippen molar-refractivity contribution in [2.24, 2.45) is 5.92 Å². The van der Waals surface area contributed by atoms with Crippen molar-refractivity contribution >= 4 is 13.5 Å². The van der Waals surface area contributed by atoms with E-state index in [2.05, 4.69) is 11.4 Å². The average molecular weight is 363 g/mol. The van der Waals surface area contributed by atoms with E-state index >= 15 is 0 Å². The van der Waals surface area contributed by atoms with Crippen LogP contribution in [0, 0.1) is 17.2 Å². The fourth-order valence-electron chi connectivity index (χ4n) is 3.45. The van der Waals surface area contributed by atoms with E-state index in [1.807, 2.05) is 19.1 Å². The summed E-state index contributed by atoms with van der Waals surface area (Å²) in [6, 6.07) is 9.27. The van der Waals surface area contributed by atoms with Crippen molar-refractivity contribution in [2.75, 3.05) is 18.9 Å². The van der Waals surface area contributed by atoms with Crippen molar-refractivity contribution in [1.82, 2.24) is 5.32 Å². The molecule has 1 saturated carbocycles. The maximum absolute atomic E-state index is 12.2. The average Bonchev–Trinajstić information content (AvgIpc) is 2.59. The van der Waals surface area contributed by atoms with Crippen LogP contribution in [0.4, 0.5) is 0 Å². The standard InChI is InChI=1S/C19H28N2O3P/c1-15(18-9-5-8-17(10-18)11-20)21-12-19(22)14-25(23,24)13-16-6-3-2-4-7-16/h5,8-10,15-16,21,23-24H,2-4,6-7,12-14H2,1H3/q+1/t15-/m1/s1. The Bertz CT molecular complexity index is 621. The summed E-state index contributed by atoms with van der Waals surface area (Å²) in [7, 11) is -3.14. The highest BCUT2D eigenvalue weighted by Crippen LogP contribution is 2.53. The lowest BCUT2D eigenvalue weighted by atomic mass is 9.91. The quantitative estimate of drug-likeness (QED) is 0.617. The van der Waals surface area contributed by atoms with E-state index in [4.69, 9.17) is 5.26 Å². The number of hydrogen-bond donors (Lipinski definition) is 3. The molecule has 0 aliphatic heterocycles. The minimum atomic E-state index is -3.14. The summed E-state index contributed by atoms with van der Waals surface area (Å²) in [5.41, 5.74) is 1.52. The third-order valence-electron chi connectivity index (χ3n) is 4.83. The minimum absolute atomic E-state index is 0.0827. The molecule has 3 N–H and O–H groups in total. The Morgan fingerprint density at radius 2 is 2.08 bits per heavy atom. The largest absolute Gasteiger partial charge is 0.303 e. The summed E-state index contributed by atoms with van der Waals surface area (Å²) in [5.74, 6) is 0.183. The third kappa shape index (κ3) is 6.84. The van der Waals surface area contributed by atoms with Crippen LogP contribution in [0.2, 0.25) is 0 Å². The maximum Gasteiger partial charge on any atom is 0.275 e. The van der Waals surface area contributed by atoms with Crippen molar-refractivity contribution in [3.8, 4) is 6.07 Å². The van der Waals surface area contributed by atoms with Gasteiger partial charge in [-0.2, -0.15) is 5.26 Å². The van der Waals surface area contributed by atoms with Crippen LogP contribution in [0.15, 0.2) is 24.3 Å². The molecule has 6 heteroatoms. The van der Waals surface area contributed by atoms with Gasteiger partial charge in [-0.25, -0.2) is 9.79 Å². The fraction of sp³-hybridized carbons (Fsp3) is 0.579. The summed E-state index contributed by atoms with van der Waals surface area (Å²) in [5, 5.41) is 12.1. The normalized spacial score (nSPS) is 17.0. The third-order valence-corrected chi connectivity index (χ3v) is 6.79. The van der Waals surface area contributed by atoms with Gasteiger partial charge in [-0.3, -0.25) is 4.79 Å². The van der Waals surface area contributed by atoms with E-state index in [1.165, 1.54) is 6.42 Å². The van der Waals surface area contributed by atoms with E-state index < -0.39 is 7.72 Å². The number of nitrogens with zero attached hydrogens (tertiary/aromatic N) is 1. The molecule has 25 heavy (non-hydrogen) atoms. The first-order chi connectivity index (χ1) is 11.9. The lowest BCUT2D eigenvalue weighted by Gasteiger charge is -2.23. The molecule has 0 heterocycles. The van der Waals surface area contributed by atoms with Crippen LogP contribution in [0.25, 0.3) is 0 Å². The van der Waals surface area contributed by atoms with E-state index in [0.717, 1.165) is 31.2 Å². The van der Waals surface area contributed by atoms with Crippen molar-refractivity contribution in [3.63, 3.8) is 0 Å². The van der Waals surface area contributed by atoms with Gasteiger partial charge in [0, 0.05) is 6.04 Å². The second-order valence-electron chi connectivity index (χ2n) is 7.10. The number of benzene rings is 1. The maximum atomic E-state index is 12.2. The van der Waals surface area contributed by atoms with Crippen molar-refractivity contribution in [1.29, 1.82) is 5.26 Å². The van der Waals surface area contributed by atoms with Crippen LogP contribution in [0.1, 0.15) is 56.2 Å². The lowest BCUT2D eigenvalue weighted by molar-refractivity contribution is -0.116. The molecule has 2 rings (SSSR count). The Morgan fingerprint density at radius 1 is 1.36 bits per heavy atom. The Kier molecular flexibility index (Phi) is 7.53. The lowest BCUT2D eigenvalue weighted by Crippen LogP contribution is -2.29. The molecule has 0 bridgehead atoms. The highest BCUT2D eigenvalue weighted by Gasteiger charge is 2.39. The summed E-state index contributed by atoms with van der Waals surface area (Å²) in [4.78, 5) is 32.7. The van der Waals surface area contributed by atoms with Crippen molar-refractivity contribution < 1.29 is 14.6 Å². The SMILES string of the molecule is C[C@@H](NCC(=O)C[P+](O)(O)CC1CCCCC1)c1cccc(C#N)c1. The molecule has 136 valence electrons. The minimum Gasteiger partial charge on any atom is -0.303 e. The zero-order valence-corrected chi connectivity index (χ0v) is 15.7. The van der Waals surface area contributed by atoms with Gasteiger partial charge in [0.2, 0.25) is 0 Å². The van der Waals surface area contributed by atoms with Crippen LogP contribution in [0.5, 0.6) is 0 Å². The highest BCUT2D eigenvalue weighted by atomic mass is 31.2. The van der Waals surface area contributed by atoms with Gasteiger partial charge in [-0.1, -0.05) is 31.4 Å². The molecule has 0 saturated heterocycles. The molecule has 1 aromatic carbocycles. The van der Waals surface area contributed by atoms with Crippen LogP contribution in [-0.4, -0.2) is 34.4 Å².